The molecule has 0 amide bonds. The molecule has 3 heteroatoms. The molecule has 1 aliphatic heterocycles. The normalized spacial score (nSPS) is 19.1. The van der Waals surface area contributed by atoms with E-state index in [-0.39, 0.29) is 5.54 Å². The first-order valence-corrected chi connectivity index (χ1v) is 9.49. The van der Waals surface area contributed by atoms with Crippen molar-refractivity contribution in [2.45, 2.75) is 44.7 Å². The molecule has 23 heavy (non-hydrogen) atoms. The summed E-state index contributed by atoms with van der Waals surface area (Å²) in [7, 11) is 2.27. The number of aryl methyl sites for hydroxylation is 2. The van der Waals surface area contributed by atoms with Crippen molar-refractivity contribution in [2.24, 2.45) is 7.05 Å². The summed E-state index contributed by atoms with van der Waals surface area (Å²) >= 11 is 1.91. The van der Waals surface area contributed by atoms with E-state index < -0.39 is 0 Å². The lowest BCUT2D eigenvalue weighted by Crippen LogP contribution is -2.40. The van der Waals surface area contributed by atoms with Crippen molar-refractivity contribution in [3.63, 3.8) is 0 Å². The van der Waals surface area contributed by atoms with Crippen LogP contribution in [-0.2, 0) is 19.1 Å². The molecule has 3 heterocycles. The molecule has 2 nitrogen and oxygen atoms in total. The quantitative estimate of drug-likeness (QED) is 0.587. The van der Waals surface area contributed by atoms with Crippen LogP contribution in [0, 0.1) is 6.92 Å². The highest BCUT2D eigenvalue weighted by Gasteiger charge is 2.50. The second kappa shape index (κ2) is 4.64. The molecule has 1 saturated carbocycles. The van der Waals surface area contributed by atoms with Crippen molar-refractivity contribution in [2.75, 3.05) is 4.90 Å². The zero-order chi connectivity index (χ0) is 15.6. The Morgan fingerprint density at radius 1 is 1.09 bits per heavy atom. The van der Waals surface area contributed by atoms with Crippen LogP contribution >= 0.6 is 11.3 Å². The molecule has 3 aromatic rings. The monoisotopic (exact) mass is 322 g/mol. The zero-order valence-electron chi connectivity index (χ0n) is 13.8. The molecule has 1 aliphatic carbocycles. The highest BCUT2D eigenvalue weighted by molar-refractivity contribution is 7.17. The van der Waals surface area contributed by atoms with Crippen LogP contribution in [0.2, 0.25) is 0 Å². The Morgan fingerprint density at radius 3 is 2.65 bits per heavy atom. The van der Waals surface area contributed by atoms with E-state index in [0.29, 0.717) is 0 Å². The van der Waals surface area contributed by atoms with Gasteiger partial charge in [0.2, 0.25) is 0 Å². The van der Waals surface area contributed by atoms with E-state index in [0.717, 1.165) is 6.54 Å². The lowest BCUT2D eigenvalue weighted by atomic mass is 9.92. The molecule has 0 unspecified atom stereocenters. The summed E-state index contributed by atoms with van der Waals surface area (Å²) in [4.78, 5) is 2.72. The van der Waals surface area contributed by atoms with E-state index in [1.54, 1.807) is 11.3 Å². The lowest BCUT2D eigenvalue weighted by Gasteiger charge is -2.39. The molecular formula is C20H22N2S. The summed E-state index contributed by atoms with van der Waals surface area (Å²) in [5, 5.41) is 2.24. The SMILES string of the molecule is Cc1ccccc1N1Cc2c(n(C)c3ccsc23)C12CCCC2. The Labute approximate surface area is 141 Å². The molecule has 0 bridgehead atoms. The largest absolute Gasteiger partial charge is 0.356 e. The van der Waals surface area contributed by atoms with Crippen molar-refractivity contribution < 1.29 is 0 Å². The molecule has 2 aromatic heterocycles. The molecule has 1 fully saturated rings. The molecule has 1 spiro atoms. The van der Waals surface area contributed by atoms with E-state index in [1.807, 2.05) is 11.3 Å². The number of rotatable bonds is 1. The highest BCUT2D eigenvalue weighted by atomic mass is 32.1. The molecule has 118 valence electrons. The van der Waals surface area contributed by atoms with Crippen LogP contribution in [-0.4, -0.2) is 4.57 Å². The maximum Gasteiger partial charge on any atom is 0.0811 e. The molecule has 0 saturated heterocycles. The summed E-state index contributed by atoms with van der Waals surface area (Å²) in [5.74, 6) is 0. The summed E-state index contributed by atoms with van der Waals surface area (Å²) in [5.41, 5.74) is 7.65. The van der Waals surface area contributed by atoms with Crippen molar-refractivity contribution in [1.29, 1.82) is 0 Å². The smallest absolute Gasteiger partial charge is 0.0811 e. The fourth-order valence-corrected chi connectivity index (χ4v) is 6.01. The maximum atomic E-state index is 2.72. The predicted octanol–water partition coefficient (Wildman–Crippen LogP) is 5.34. The summed E-state index contributed by atoms with van der Waals surface area (Å²) < 4.78 is 4.00. The van der Waals surface area contributed by atoms with Gasteiger partial charge in [-0.25, -0.2) is 0 Å². The molecule has 0 radical (unpaired) electrons. The minimum absolute atomic E-state index is 0.217. The van der Waals surface area contributed by atoms with E-state index in [2.05, 4.69) is 59.2 Å². The van der Waals surface area contributed by atoms with Crippen LogP contribution in [0.25, 0.3) is 10.2 Å². The Balaban J connectivity index is 1.77. The number of benzene rings is 1. The van der Waals surface area contributed by atoms with Gasteiger partial charge in [-0.2, -0.15) is 0 Å². The first-order valence-electron chi connectivity index (χ1n) is 8.61. The predicted molar refractivity (Wildman–Crippen MR) is 98.3 cm³/mol. The van der Waals surface area contributed by atoms with Crippen molar-refractivity contribution in [1.82, 2.24) is 4.57 Å². The van der Waals surface area contributed by atoms with Crippen LogP contribution in [0.3, 0.4) is 0 Å². The van der Waals surface area contributed by atoms with Crippen molar-refractivity contribution in [3.05, 3.63) is 52.5 Å². The van der Waals surface area contributed by atoms with Crippen molar-refractivity contribution >= 4 is 27.2 Å². The molecule has 2 aliphatic rings. The van der Waals surface area contributed by atoms with Crippen LogP contribution < -0.4 is 4.90 Å². The Bertz CT molecular complexity index is 896. The van der Waals surface area contributed by atoms with Gasteiger partial charge < -0.3 is 9.47 Å². The third-order valence-electron chi connectivity index (χ3n) is 6.01. The molecule has 1 aromatic carbocycles. The topological polar surface area (TPSA) is 8.17 Å². The third-order valence-corrected chi connectivity index (χ3v) is 6.98. The van der Waals surface area contributed by atoms with E-state index in [4.69, 9.17) is 0 Å². The fraction of sp³-hybridized carbons (Fsp3) is 0.400. The fourth-order valence-electron chi connectivity index (χ4n) is 5.05. The molecular weight excluding hydrogens is 300 g/mol. The van der Waals surface area contributed by atoms with Gasteiger partial charge in [0, 0.05) is 24.8 Å². The number of aromatic nitrogens is 1. The zero-order valence-corrected chi connectivity index (χ0v) is 14.6. The van der Waals surface area contributed by atoms with Gasteiger partial charge in [-0.15, -0.1) is 11.3 Å². The van der Waals surface area contributed by atoms with Crippen LogP contribution in [0.1, 0.15) is 42.5 Å². The van der Waals surface area contributed by atoms with E-state index in [1.165, 1.54) is 47.2 Å². The number of nitrogens with zero attached hydrogens (tertiary/aromatic N) is 2. The number of anilines is 1. The molecule has 0 N–H and O–H groups in total. The Hall–Kier alpha value is -1.74. The van der Waals surface area contributed by atoms with Gasteiger partial charge in [-0.3, -0.25) is 0 Å². The van der Waals surface area contributed by atoms with Gasteiger partial charge in [0.15, 0.2) is 0 Å². The highest BCUT2D eigenvalue weighted by Crippen LogP contribution is 2.55. The van der Waals surface area contributed by atoms with Crippen LogP contribution in [0.4, 0.5) is 5.69 Å². The average molecular weight is 322 g/mol. The number of hydrogen-bond acceptors (Lipinski definition) is 2. The molecule has 0 atom stereocenters. The maximum absolute atomic E-state index is 2.72. The van der Waals surface area contributed by atoms with Gasteiger partial charge in [0.1, 0.15) is 0 Å². The van der Waals surface area contributed by atoms with Gasteiger partial charge in [0.25, 0.3) is 0 Å². The second-order valence-corrected chi connectivity index (χ2v) is 8.05. The summed E-state index contributed by atoms with van der Waals surface area (Å²) in [6.45, 7) is 3.32. The average Bonchev–Trinajstić information content (AvgIpc) is 3.29. The third kappa shape index (κ3) is 1.64. The Morgan fingerprint density at radius 2 is 1.87 bits per heavy atom. The van der Waals surface area contributed by atoms with Crippen molar-refractivity contribution in [3.8, 4) is 0 Å². The number of para-hydroxylation sites is 1. The summed E-state index contributed by atoms with van der Waals surface area (Å²) in [6, 6.07) is 11.2. The van der Waals surface area contributed by atoms with Crippen LogP contribution in [0.5, 0.6) is 0 Å². The number of thiophene rings is 1. The van der Waals surface area contributed by atoms with Gasteiger partial charge >= 0.3 is 0 Å². The van der Waals surface area contributed by atoms with Crippen LogP contribution in [0.15, 0.2) is 35.7 Å². The Kier molecular flexibility index (Phi) is 2.76. The van der Waals surface area contributed by atoms with Gasteiger partial charge in [-0.1, -0.05) is 31.0 Å². The first kappa shape index (κ1) is 13.7. The molecule has 5 rings (SSSR count). The number of fused-ring (bicyclic) bond motifs is 4. The lowest BCUT2D eigenvalue weighted by molar-refractivity contribution is 0.416. The second-order valence-electron chi connectivity index (χ2n) is 7.13. The van der Waals surface area contributed by atoms with Gasteiger partial charge in [0.05, 0.1) is 21.4 Å². The summed E-state index contributed by atoms with van der Waals surface area (Å²) in [6.07, 6.45) is 5.28. The van der Waals surface area contributed by atoms with E-state index in [9.17, 15) is 0 Å². The minimum atomic E-state index is 0.217. The van der Waals surface area contributed by atoms with E-state index >= 15 is 0 Å². The first-order chi connectivity index (χ1) is 11.2. The minimum Gasteiger partial charge on any atom is -0.356 e. The standard InChI is InChI=1S/C20H22N2S/c1-14-7-3-4-8-16(14)22-13-15-18-17(9-12-23-18)21(2)19(15)20(22)10-5-6-11-20/h3-4,7-9,12H,5-6,10-11,13H2,1-2H3. The number of hydrogen-bond donors (Lipinski definition) is 0. The van der Waals surface area contributed by atoms with Gasteiger partial charge in [-0.05, 0) is 42.8 Å².